The largest absolute Gasteiger partial charge is 0.496 e. The lowest BCUT2D eigenvalue weighted by molar-refractivity contribution is -0.138. The van der Waals surface area contributed by atoms with E-state index < -0.39 is 11.7 Å². The Hall–Kier alpha value is -1.90. The van der Waals surface area contributed by atoms with Crippen molar-refractivity contribution < 1.29 is 22.6 Å². The van der Waals surface area contributed by atoms with Crippen LogP contribution < -0.4 is 9.47 Å². The van der Waals surface area contributed by atoms with Gasteiger partial charge in [0.05, 0.1) is 26.7 Å². The Morgan fingerprint density at radius 3 is 2.18 bits per heavy atom. The van der Waals surface area contributed by atoms with Gasteiger partial charge in [0.1, 0.15) is 17.1 Å². The van der Waals surface area contributed by atoms with Gasteiger partial charge < -0.3 is 9.47 Å². The minimum absolute atomic E-state index is 0.0275. The predicted octanol–water partition coefficient (Wildman–Crippen LogP) is 2.79. The van der Waals surface area contributed by atoms with E-state index in [4.69, 9.17) is 10.00 Å². The van der Waals surface area contributed by atoms with Crippen molar-refractivity contribution in [2.24, 2.45) is 0 Å². The SMILES string of the molecule is COc1cc(C(F)(F)F)c(OC)cc1CC#N. The number of halogens is 3. The van der Waals surface area contributed by atoms with Gasteiger partial charge in [0, 0.05) is 5.56 Å². The van der Waals surface area contributed by atoms with Crippen LogP contribution in [0.5, 0.6) is 11.5 Å². The molecule has 1 aromatic carbocycles. The van der Waals surface area contributed by atoms with Crippen LogP contribution in [-0.2, 0) is 12.6 Å². The molecule has 0 heterocycles. The van der Waals surface area contributed by atoms with Crippen molar-refractivity contribution in [1.82, 2.24) is 0 Å². The van der Waals surface area contributed by atoms with Crippen LogP contribution in [0.4, 0.5) is 13.2 Å². The molecule has 0 fully saturated rings. The molecule has 6 heteroatoms. The lowest BCUT2D eigenvalue weighted by atomic mass is 10.1. The smallest absolute Gasteiger partial charge is 0.420 e. The molecule has 0 aliphatic rings. The third-order valence-corrected chi connectivity index (χ3v) is 2.18. The summed E-state index contributed by atoms with van der Waals surface area (Å²) in [5.41, 5.74) is -0.557. The summed E-state index contributed by atoms with van der Waals surface area (Å²) in [7, 11) is 2.40. The third-order valence-electron chi connectivity index (χ3n) is 2.18. The van der Waals surface area contributed by atoms with Crippen LogP contribution in [0.3, 0.4) is 0 Å². The van der Waals surface area contributed by atoms with E-state index in [0.29, 0.717) is 5.56 Å². The van der Waals surface area contributed by atoms with Gasteiger partial charge in [-0.25, -0.2) is 0 Å². The molecule has 1 rings (SSSR count). The zero-order valence-electron chi connectivity index (χ0n) is 9.26. The Kier molecular flexibility index (Phi) is 3.84. The highest BCUT2D eigenvalue weighted by molar-refractivity contribution is 5.48. The van der Waals surface area contributed by atoms with E-state index in [1.807, 2.05) is 6.07 Å². The van der Waals surface area contributed by atoms with Crippen molar-refractivity contribution in [1.29, 1.82) is 5.26 Å². The molecule has 92 valence electrons. The zero-order chi connectivity index (χ0) is 13.1. The second kappa shape index (κ2) is 4.95. The third kappa shape index (κ3) is 2.81. The van der Waals surface area contributed by atoms with E-state index >= 15 is 0 Å². The first kappa shape index (κ1) is 13.2. The quantitative estimate of drug-likeness (QED) is 0.822. The van der Waals surface area contributed by atoms with E-state index in [0.717, 1.165) is 13.2 Å². The summed E-state index contributed by atoms with van der Waals surface area (Å²) >= 11 is 0. The summed E-state index contributed by atoms with van der Waals surface area (Å²) in [5.74, 6) is -0.289. The lowest BCUT2D eigenvalue weighted by Crippen LogP contribution is -2.09. The maximum atomic E-state index is 12.7. The van der Waals surface area contributed by atoms with Crippen LogP contribution in [0, 0.1) is 11.3 Å². The molecule has 0 atom stereocenters. The summed E-state index contributed by atoms with van der Waals surface area (Å²) in [6.45, 7) is 0. The van der Waals surface area contributed by atoms with Gasteiger partial charge in [0.2, 0.25) is 0 Å². The molecule has 1 aromatic rings. The van der Waals surface area contributed by atoms with Gasteiger partial charge in [-0.15, -0.1) is 0 Å². The number of ether oxygens (including phenoxy) is 2. The van der Waals surface area contributed by atoms with Crippen molar-refractivity contribution in [3.05, 3.63) is 23.3 Å². The average Bonchev–Trinajstić information content (AvgIpc) is 2.27. The summed E-state index contributed by atoms with van der Waals surface area (Å²) in [6, 6.07) is 3.86. The Balaban J connectivity index is 3.39. The molecule has 0 unspecified atom stereocenters. The van der Waals surface area contributed by atoms with Crippen LogP contribution in [0.1, 0.15) is 11.1 Å². The fourth-order valence-corrected chi connectivity index (χ4v) is 1.41. The van der Waals surface area contributed by atoms with Crippen molar-refractivity contribution in [3.8, 4) is 17.6 Å². The molecular weight excluding hydrogens is 235 g/mol. The topological polar surface area (TPSA) is 42.2 Å². The second-order valence-corrected chi connectivity index (χ2v) is 3.20. The standard InChI is InChI=1S/C11H10F3NO2/c1-16-9-6-8(11(12,13)14)10(17-2)5-7(9)3-4-15/h5-6H,3H2,1-2H3. The maximum Gasteiger partial charge on any atom is 0.420 e. The molecule has 0 spiro atoms. The van der Waals surface area contributed by atoms with Crippen LogP contribution in [0.25, 0.3) is 0 Å². The molecule has 0 bridgehead atoms. The van der Waals surface area contributed by atoms with Gasteiger partial charge in [-0.3, -0.25) is 0 Å². The van der Waals surface area contributed by atoms with Crippen LogP contribution in [0.15, 0.2) is 12.1 Å². The van der Waals surface area contributed by atoms with E-state index in [-0.39, 0.29) is 17.9 Å². The summed E-state index contributed by atoms with van der Waals surface area (Å²) < 4.78 is 47.5. The Labute approximate surface area is 96.4 Å². The molecule has 0 aliphatic carbocycles. The molecule has 0 saturated heterocycles. The van der Waals surface area contributed by atoms with Crippen LogP contribution >= 0.6 is 0 Å². The zero-order valence-corrected chi connectivity index (χ0v) is 9.26. The molecule has 0 aromatic heterocycles. The van der Waals surface area contributed by atoms with E-state index in [1.54, 1.807) is 0 Å². The molecule has 0 saturated carbocycles. The first-order valence-corrected chi connectivity index (χ1v) is 4.63. The molecule has 17 heavy (non-hydrogen) atoms. The number of hydrogen-bond acceptors (Lipinski definition) is 3. The summed E-state index contributed by atoms with van der Waals surface area (Å²) in [4.78, 5) is 0. The number of alkyl halides is 3. The minimum Gasteiger partial charge on any atom is -0.496 e. The maximum absolute atomic E-state index is 12.7. The first-order valence-electron chi connectivity index (χ1n) is 4.63. The molecule has 3 nitrogen and oxygen atoms in total. The molecule has 0 radical (unpaired) electrons. The number of methoxy groups -OCH3 is 2. The van der Waals surface area contributed by atoms with Crippen LogP contribution in [-0.4, -0.2) is 14.2 Å². The first-order chi connectivity index (χ1) is 7.93. The summed E-state index contributed by atoms with van der Waals surface area (Å²) in [6.07, 6.45) is -4.57. The number of benzene rings is 1. The predicted molar refractivity (Wildman–Crippen MR) is 53.9 cm³/mol. The highest BCUT2D eigenvalue weighted by Crippen LogP contribution is 2.40. The Morgan fingerprint density at radius 2 is 1.76 bits per heavy atom. The Morgan fingerprint density at radius 1 is 1.18 bits per heavy atom. The van der Waals surface area contributed by atoms with Gasteiger partial charge in [-0.05, 0) is 12.1 Å². The number of nitriles is 1. The molecule has 0 N–H and O–H groups in total. The number of nitrogens with zero attached hydrogens (tertiary/aromatic N) is 1. The number of rotatable bonds is 3. The van der Waals surface area contributed by atoms with Gasteiger partial charge in [0.25, 0.3) is 0 Å². The summed E-state index contributed by atoms with van der Waals surface area (Å²) in [5, 5.41) is 8.56. The minimum atomic E-state index is -4.52. The van der Waals surface area contributed by atoms with Gasteiger partial charge in [-0.2, -0.15) is 18.4 Å². The van der Waals surface area contributed by atoms with Gasteiger partial charge >= 0.3 is 6.18 Å². The molecular formula is C11H10F3NO2. The van der Waals surface area contributed by atoms with Crippen LogP contribution in [0.2, 0.25) is 0 Å². The van der Waals surface area contributed by atoms with Crippen molar-refractivity contribution >= 4 is 0 Å². The van der Waals surface area contributed by atoms with Crippen molar-refractivity contribution in [2.75, 3.05) is 14.2 Å². The van der Waals surface area contributed by atoms with E-state index in [1.165, 1.54) is 13.2 Å². The fraction of sp³-hybridized carbons (Fsp3) is 0.364. The van der Waals surface area contributed by atoms with E-state index in [2.05, 4.69) is 4.74 Å². The molecule has 0 amide bonds. The second-order valence-electron chi connectivity index (χ2n) is 3.20. The lowest BCUT2D eigenvalue weighted by Gasteiger charge is -2.15. The highest BCUT2D eigenvalue weighted by atomic mass is 19.4. The van der Waals surface area contributed by atoms with E-state index in [9.17, 15) is 13.2 Å². The van der Waals surface area contributed by atoms with Crippen molar-refractivity contribution in [3.63, 3.8) is 0 Å². The van der Waals surface area contributed by atoms with Gasteiger partial charge in [-0.1, -0.05) is 0 Å². The monoisotopic (exact) mass is 245 g/mol. The van der Waals surface area contributed by atoms with Gasteiger partial charge in [0.15, 0.2) is 0 Å². The van der Waals surface area contributed by atoms with Crippen molar-refractivity contribution in [2.45, 2.75) is 12.6 Å². The highest BCUT2D eigenvalue weighted by Gasteiger charge is 2.35. The molecule has 0 aliphatic heterocycles. The number of hydrogen-bond donors (Lipinski definition) is 0. The average molecular weight is 245 g/mol. The normalized spacial score (nSPS) is 10.8. The Bertz CT molecular complexity index is 449. The fourth-order valence-electron chi connectivity index (χ4n) is 1.41.